The Morgan fingerprint density at radius 2 is 1.65 bits per heavy atom. The normalized spacial score (nSPS) is 10.4. The third kappa shape index (κ3) is 4.74. The summed E-state index contributed by atoms with van der Waals surface area (Å²) in [6.45, 7) is 4.64. The topological polar surface area (TPSA) is 44.5 Å². The number of benzene rings is 2. The number of ether oxygens (including phenoxy) is 2. The third-order valence-corrected chi connectivity index (χ3v) is 4.28. The Balaban J connectivity index is 1.95. The Morgan fingerprint density at radius 3 is 2.26 bits per heavy atom. The van der Waals surface area contributed by atoms with E-state index >= 15 is 0 Å². The van der Waals surface area contributed by atoms with E-state index in [9.17, 15) is 0 Å². The molecular formula is C17H17Cl2NO2S. The van der Waals surface area contributed by atoms with E-state index in [4.69, 9.17) is 50.6 Å². The average Bonchev–Trinajstić information content (AvgIpc) is 2.50. The number of nitrogens with two attached hydrogens (primary N) is 1. The minimum absolute atomic E-state index is 0.243. The lowest BCUT2D eigenvalue weighted by Crippen LogP contribution is -2.14. The minimum Gasteiger partial charge on any atom is -0.490 e. The highest BCUT2D eigenvalue weighted by atomic mass is 35.5. The lowest BCUT2D eigenvalue weighted by Gasteiger charge is -2.13. The zero-order chi connectivity index (χ0) is 17.0. The summed E-state index contributed by atoms with van der Waals surface area (Å²) in [4.78, 5) is 0.243. The molecule has 0 unspecified atom stereocenters. The first-order chi connectivity index (χ1) is 10.9. The quantitative estimate of drug-likeness (QED) is 0.591. The highest BCUT2D eigenvalue weighted by Crippen LogP contribution is 2.26. The molecule has 0 saturated heterocycles. The molecule has 0 atom stereocenters. The Hall–Kier alpha value is -1.49. The van der Waals surface area contributed by atoms with Crippen LogP contribution >= 0.6 is 35.4 Å². The Labute approximate surface area is 151 Å². The standard InChI is InChI=1S/C17H17Cl2NO2S/c1-10-7-13(8-11(2)16(10)19)21-5-6-22-15-4-3-12(18)9-14(15)17(20)23/h3-4,7-9H,5-6H2,1-2H3,(H2,20,23). The van der Waals surface area contributed by atoms with Crippen LogP contribution < -0.4 is 15.2 Å². The van der Waals surface area contributed by atoms with Crippen molar-refractivity contribution in [2.75, 3.05) is 13.2 Å². The molecule has 0 radical (unpaired) electrons. The van der Waals surface area contributed by atoms with Crippen molar-refractivity contribution in [1.29, 1.82) is 0 Å². The largest absolute Gasteiger partial charge is 0.490 e. The van der Waals surface area contributed by atoms with Gasteiger partial charge < -0.3 is 15.2 Å². The van der Waals surface area contributed by atoms with E-state index in [2.05, 4.69) is 0 Å². The molecule has 3 nitrogen and oxygen atoms in total. The van der Waals surface area contributed by atoms with Gasteiger partial charge in [-0.2, -0.15) is 0 Å². The zero-order valence-corrected chi connectivity index (χ0v) is 15.2. The summed E-state index contributed by atoms with van der Waals surface area (Å²) in [5, 5.41) is 1.32. The summed E-state index contributed by atoms with van der Waals surface area (Å²) in [6.07, 6.45) is 0. The van der Waals surface area contributed by atoms with Crippen LogP contribution in [-0.4, -0.2) is 18.2 Å². The summed E-state index contributed by atoms with van der Waals surface area (Å²) >= 11 is 17.1. The molecule has 23 heavy (non-hydrogen) atoms. The first-order valence-electron chi connectivity index (χ1n) is 7.00. The molecule has 0 aromatic heterocycles. The second-order valence-electron chi connectivity index (χ2n) is 5.07. The number of thiocarbonyl (C=S) groups is 1. The SMILES string of the molecule is Cc1cc(OCCOc2ccc(Cl)cc2C(N)=S)cc(C)c1Cl. The number of aryl methyl sites for hydroxylation is 2. The summed E-state index contributed by atoms with van der Waals surface area (Å²) < 4.78 is 11.4. The Kier molecular flexibility index (Phi) is 6.10. The van der Waals surface area contributed by atoms with E-state index in [1.54, 1.807) is 18.2 Å². The van der Waals surface area contributed by atoms with Gasteiger partial charge in [0.2, 0.25) is 0 Å². The molecule has 2 N–H and O–H groups in total. The number of halogens is 2. The van der Waals surface area contributed by atoms with Gasteiger partial charge >= 0.3 is 0 Å². The summed E-state index contributed by atoms with van der Waals surface area (Å²) in [7, 11) is 0. The first-order valence-corrected chi connectivity index (χ1v) is 8.16. The molecule has 2 rings (SSSR count). The number of hydrogen-bond donors (Lipinski definition) is 1. The van der Waals surface area contributed by atoms with Crippen LogP contribution in [0.4, 0.5) is 0 Å². The van der Waals surface area contributed by atoms with Crippen LogP contribution in [0.3, 0.4) is 0 Å². The highest BCUT2D eigenvalue weighted by Gasteiger charge is 2.08. The van der Waals surface area contributed by atoms with Crippen molar-refractivity contribution >= 4 is 40.4 Å². The van der Waals surface area contributed by atoms with Crippen LogP contribution in [0, 0.1) is 13.8 Å². The van der Waals surface area contributed by atoms with Crippen molar-refractivity contribution < 1.29 is 9.47 Å². The molecule has 0 amide bonds. The van der Waals surface area contributed by atoms with Crippen molar-refractivity contribution in [3.8, 4) is 11.5 Å². The smallest absolute Gasteiger partial charge is 0.129 e. The maximum absolute atomic E-state index is 6.14. The summed E-state index contributed by atoms with van der Waals surface area (Å²) in [5.41, 5.74) is 8.26. The summed E-state index contributed by atoms with van der Waals surface area (Å²) in [6, 6.07) is 8.96. The number of rotatable bonds is 6. The number of hydrogen-bond acceptors (Lipinski definition) is 3. The van der Waals surface area contributed by atoms with Crippen molar-refractivity contribution in [3.63, 3.8) is 0 Å². The van der Waals surface area contributed by atoms with E-state index in [1.165, 1.54) is 0 Å². The molecule has 0 bridgehead atoms. The van der Waals surface area contributed by atoms with Gasteiger partial charge in [-0.3, -0.25) is 0 Å². The fourth-order valence-corrected chi connectivity index (χ4v) is 2.56. The van der Waals surface area contributed by atoms with Crippen LogP contribution in [0.25, 0.3) is 0 Å². The molecule has 122 valence electrons. The van der Waals surface area contributed by atoms with Gasteiger partial charge in [0.1, 0.15) is 29.7 Å². The van der Waals surface area contributed by atoms with Crippen molar-refractivity contribution in [2.45, 2.75) is 13.8 Å². The van der Waals surface area contributed by atoms with Crippen molar-refractivity contribution in [1.82, 2.24) is 0 Å². The van der Waals surface area contributed by atoms with Crippen LogP contribution in [-0.2, 0) is 0 Å². The maximum atomic E-state index is 6.14. The van der Waals surface area contributed by atoms with E-state index in [0.717, 1.165) is 21.9 Å². The van der Waals surface area contributed by atoms with Gasteiger partial charge in [0.15, 0.2) is 0 Å². The van der Waals surface area contributed by atoms with Gasteiger partial charge in [-0.25, -0.2) is 0 Å². The third-order valence-electron chi connectivity index (χ3n) is 3.23. The molecular weight excluding hydrogens is 353 g/mol. The van der Waals surface area contributed by atoms with Gasteiger partial charge in [0.05, 0.1) is 5.56 Å². The molecule has 0 heterocycles. The lowest BCUT2D eigenvalue weighted by molar-refractivity contribution is 0.217. The Morgan fingerprint density at radius 1 is 1.04 bits per heavy atom. The average molecular weight is 370 g/mol. The molecule has 0 saturated carbocycles. The van der Waals surface area contributed by atoms with Crippen molar-refractivity contribution in [2.24, 2.45) is 5.73 Å². The molecule has 0 aliphatic rings. The zero-order valence-electron chi connectivity index (χ0n) is 12.9. The van der Waals surface area contributed by atoms with Gasteiger partial charge in [0.25, 0.3) is 0 Å². The van der Waals surface area contributed by atoms with Gasteiger partial charge in [-0.1, -0.05) is 35.4 Å². The minimum atomic E-state index is 0.243. The van der Waals surface area contributed by atoms with Crippen molar-refractivity contribution in [3.05, 3.63) is 57.1 Å². The molecule has 0 aliphatic heterocycles. The van der Waals surface area contributed by atoms with E-state index in [-0.39, 0.29) is 4.99 Å². The van der Waals surface area contributed by atoms with Crippen LogP contribution in [0.1, 0.15) is 16.7 Å². The van der Waals surface area contributed by atoms with Crippen LogP contribution in [0.5, 0.6) is 11.5 Å². The van der Waals surface area contributed by atoms with E-state index < -0.39 is 0 Å². The molecule has 0 spiro atoms. The monoisotopic (exact) mass is 369 g/mol. The second-order valence-corrected chi connectivity index (χ2v) is 6.33. The Bertz CT molecular complexity index is 712. The van der Waals surface area contributed by atoms with Gasteiger partial charge in [0, 0.05) is 10.0 Å². The van der Waals surface area contributed by atoms with E-state index in [0.29, 0.717) is 29.5 Å². The molecule has 6 heteroatoms. The van der Waals surface area contributed by atoms with Gasteiger partial charge in [-0.05, 0) is 55.3 Å². The molecule has 0 fully saturated rings. The first kappa shape index (κ1) is 17.9. The molecule has 2 aromatic rings. The van der Waals surface area contributed by atoms with Gasteiger partial charge in [-0.15, -0.1) is 0 Å². The van der Waals surface area contributed by atoms with Crippen LogP contribution in [0.15, 0.2) is 30.3 Å². The predicted octanol–water partition coefficient (Wildman–Crippen LogP) is 4.70. The fraction of sp³-hybridized carbons (Fsp3) is 0.235. The van der Waals surface area contributed by atoms with E-state index in [1.807, 2.05) is 26.0 Å². The molecule has 2 aromatic carbocycles. The van der Waals surface area contributed by atoms with Crippen LogP contribution in [0.2, 0.25) is 10.0 Å². The fourth-order valence-electron chi connectivity index (χ4n) is 2.12. The maximum Gasteiger partial charge on any atom is 0.129 e. The molecule has 0 aliphatic carbocycles. The summed E-state index contributed by atoms with van der Waals surface area (Å²) in [5.74, 6) is 1.35. The predicted molar refractivity (Wildman–Crippen MR) is 99.3 cm³/mol. The second kappa shape index (κ2) is 7.86. The highest BCUT2D eigenvalue weighted by molar-refractivity contribution is 7.80. The lowest BCUT2D eigenvalue weighted by atomic mass is 10.1.